The molecule has 0 heterocycles. The van der Waals surface area contributed by atoms with Crippen molar-refractivity contribution >= 4 is 5.91 Å². The second-order valence-electron chi connectivity index (χ2n) is 6.33. The van der Waals surface area contributed by atoms with E-state index < -0.39 is 6.10 Å². The van der Waals surface area contributed by atoms with E-state index in [0.29, 0.717) is 13.0 Å². The van der Waals surface area contributed by atoms with E-state index in [4.69, 9.17) is 9.47 Å². The van der Waals surface area contributed by atoms with E-state index in [9.17, 15) is 4.79 Å². The molecule has 2 rings (SSSR count). The van der Waals surface area contributed by atoms with Crippen LogP contribution in [0, 0.1) is 13.8 Å². The average molecular weight is 341 g/mol. The largest absolute Gasteiger partial charge is 0.497 e. The summed E-state index contributed by atoms with van der Waals surface area (Å²) in [5, 5.41) is 0. The molecule has 0 N–H and O–H groups in total. The molecular formula is C21H27NO3. The van der Waals surface area contributed by atoms with Gasteiger partial charge in [0.15, 0.2) is 6.10 Å². The molecule has 0 fully saturated rings. The fraction of sp³-hybridized carbons (Fsp3) is 0.381. The van der Waals surface area contributed by atoms with Gasteiger partial charge >= 0.3 is 0 Å². The lowest BCUT2D eigenvalue weighted by molar-refractivity contribution is -0.138. The number of methoxy groups -OCH3 is 1. The van der Waals surface area contributed by atoms with Crippen molar-refractivity contribution in [3.8, 4) is 11.5 Å². The number of benzene rings is 2. The van der Waals surface area contributed by atoms with Gasteiger partial charge in [0.25, 0.3) is 5.91 Å². The van der Waals surface area contributed by atoms with Crippen molar-refractivity contribution in [3.05, 3.63) is 59.2 Å². The highest BCUT2D eigenvalue weighted by Crippen LogP contribution is 2.22. The summed E-state index contributed by atoms with van der Waals surface area (Å²) in [5.41, 5.74) is 3.28. The van der Waals surface area contributed by atoms with Crippen LogP contribution in [0.1, 0.15) is 30.0 Å². The van der Waals surface area contributed by atoms with Crippen LogP contribution in [0.15, 0.2) is 42.5 Å². The molecule has 4 heteroatoms. The first kappa shape index (κ1) is 18.8. The van der Waals surface area contributed by atoms with Crippen LogP contribution < -0.4 is 9.47 Å². The van der Waals surface area contributed by atoms with Crippen LogP contribution in [0.4, 0.5) is 0 Å². The van der Waals surface area contributed by atoms with Crippen molar-refractivity contribution in [1.29, 1.82) is 0 Å². The minimum atomic E-state index is -0.482. The molecule has 0 aliphatic heterocycles. The molecule has 1 atom stereocenters. The second-order valence-corrected chi connectivity index (χ2v) is 6.33. The first-order valence-electron chi connectivity index (χ1n) is 8.56. The van der Waals surface area contributed by atoms with Gasteiger partial charge in [0.05, 0.1) is 7.11 Å². The molecule has 0 bridgehead atoms. The van der Waals surface area contributed by atoms with E-state index in [1.165, 1.54) is 5.56 Å². The quantitative estimate of drug-likeness (QED) is 0.760. The zero-order chi connectivity index (χ0) is 18.4. The first-order chi connectivity index (χ1) is 11.9. The Hall–Kier alpha value is -2.49. The van der Waals surface area contributed by atoms with Gasteiger partial charge in [-0.05, 0) is 49.6 Å². The number of ether oxygens (including phenoxy) is 2. The molecule has 134 valence electrons. The zero-order valence-corrected chi connectivity index (χ0v) is 15.7. The molecule has 2 aromatic rings. The average Bonchev–Trinajstić information content (AvgIpc) is 2.61. The molecule has 1 amide bonds. The van der Waals surface area contributed by atoms with Crippen molar-refractivity contribution in [2.24, 2.45) is 0 Å². The third-order valence-corrected chi connectivity index (χ3v) is 4.20. The number of likely N-dealkylation sites (N-methyl/N-ethyl adjacent to an activating group) is 1. The van der Waals surface area contributed by atoms with E-state index in [1.807, 2.05) is 57.2 Å². The number of rotatable bonds is 7. The number of nitrogens with zero attached hydrogens (tertiary/aromatic N) is 1. The summed E-state index contributed by atoms with van der Waals surface area (Å²) in [7, 11) is 3.45. The predicted molar refractivity (Wildman–Crippen MR) is 100 cm³/mol. The van der Waals surface area contributed by atoms with Crippen LogP contribution >= 0.6 is 0 Å². The van der Waals surface area contributed by atoms with E-state index in [1.54, 1.807) is 19.1 Å². The maximum atomic E-state index is 12.8. The van der Waals surface area contributed by atoms with Crippen molar-refractivity contribution in [3.63, 3.8) is 0 Å². The summed E-state index contributed by atoms with van der Waals surface area (Å²) < 4.78 is 11.2. The molecule has 25 heavy (non-hydrogen) atoms. The Labute approximate surface area is 150 Å². The van der Waals surface area contributed by atoms with Gasteiger partial charge in [0.1, 0.15) is 11.5 Å². The van der Waals surface area contributed by atoms with E-state index in [-0.39, 0.29) is 5.91 Å². The molecule has 0 aliphatic carbocycles. The fourth-order valence-electron chi connectivity index (χ4n) is 2.72. The van der Waals surface area contributed by atoms with Gasteiger partial charge in [0.2, 0.25) is 0 Å². The number of carbonyl (C=O) groups excluding carboxylic acids is 1. The lowest BCUT2D eigenvalue weighted by Gasteiger charge is -2.24. The van der Waals surface area contributed by atoms with Crippen molar-refractivity contribution in [2.45, 2.75) is 39.8 Å². The van der Waals surface area contributed by atoms with Crippen LogP contribution in [-0.2, 0) is 11.3 Å². The Bertz CT molecular complexity index is 710. The van der Waals surface area contributed by atoms with E-state index in [0.717, 1.165) is 22.6 Å². The van der Waals surface area contributed by atoms with E-state index >= 15 is 0 Å². The standard InChI is InChI=1S/C21H27NO3/c1-6-19(25-20-12-7-15(2)13-16(20)3)21(23)22(4)14-17-8-10-18(24-5)11-9-17/h7-13,19H,6,14H2,1-5H3/t19-/m0/s1. The Morgan fingerprint density at radius 1 is 1.12 bits per heavy atom. The Morgan fingerprint density at radius 2 is 1.80 bits per heavy atom. The zero-order valence-electron chi connectivity index (χ0n) is 15.7. The van der Waals surface area contributed by atoms with Gasteiger partial charge < -0.3 is 14.4 Å². The van der Waals surface area contributed by atoms with Crippen molar-refractivity contribution < 1.29 is 14.3 Å². The normalized spacial score (nSPS) is 11.7. The summed E-state index contributed by atoms with van der Waals surface area (Å²) in [5.74, 6) is 1.56. The highest BCUT2D eigenvalue weighted by atomic mass is 16.5. The monoisotopic (exact) mass is 341 g/mol. The number of carbonyl (C=O) groups is 1. The molecule has 0 saturated heterocycles. The summed E-state index contributed by atoms with van der Waals surface area (Å²) in [6, 6.07) is 13.7. The van der Waals surface area contributed by atoms with Crippen molar-refractivity contribution in [1.82, 2.24) is 4.90 Å². The lowest BCUT2D eigenvalue weighted by atomic mass is 10.1. The Morgan fingerprint density at radius 3 is 2.36 bits per heavy atom. The number of aryl methyl sites for hydroxylation is 2. The van der Waals surface area contributed by atoms with Crippen LogP contribution in [0.5, 0.6) is 11.5 Å². The molecule has 0 spiro atoms. The van der Waals surface area contributed by atoms with Crippen molar-refractivity contribution in [2.75, 3.05) is 14.2 Å². The molecule has 2 aromatic carbocycles. The molecule has 0 unspecified atom stereocenters. The maximum Gasteiger partial charge on any atom is 0.263 e. The smallest absolute Gasteiger partial charge is 0.263 e. The molecule has 0 aromatic heterocycles. The van der Waals surface area contributed by atoms with E-state index in [2.05, 4.69) is 6.07 Å². The topological polar surface area (TPSA) is 38.8 Å². The van der Waals surface area contributed by atoms with Gasteiger partial charge in [-0.25, -0.2) is 0 Å². The highest BCUT2D eigenvalue weighted by Gasteiger charge is 2.23. The SMILES string of the molecule is CC[C@H](Oc1ccc(C)cc1C)C(=O)N(C)Cc1ccc(OC)cc1. The minimum absolute atomic E-state index is 0.0155. The second kappa shape index (κ2) is 8.56. The Balaban J connectivity index is 2.04. The summed E-state index contributed by atoms with van der Waals surface area (Å²) in [4.78, 5) is 14.5. The number of amides is 1. The summed E-state index contributed by atoms with van der Waals surface area (Å²) in [6.07, 6.45) is 0.142. The third-order valence-electron chi connectivity index (χ3n) is 4.20. The number of hydrogen-bond acceptors (Lipinski definition) is 3. The molecule has 0 saturated carbocycles. The van der Waals surface area contributed by atoms with Gasteiger partial charge in [-0.2, -0.15) is 0 Å². The van der Waals surface area contributed by atoms with Gasteiger partial charge in [-0.3, -0.25) is 4.79 Å². The third kappa shape index (κ3) is 4.99. The van der Waals surface area contributed by atoms with Crippen LogP contribution in [0.25, 0.3) is 0 Å². The predicted octanol–water partition coefficient (Wildman–Crippen LogP) is 4.13. The van der Waals surface area contributed by atoms with Crippen LogP contribution in [0.2, 0.25) is 0 Å². The molecular weight excluding hydrogens is 314 g/mol. The van der Waals surface area contributed by atoms with Gasteiger partial charge in [-0.1, -0.05) is 36.8 Å². The Kier molecular flexibility index (Phi) is 6.45. The number of hydrogen-bond donors (Lipinski definition) is 0. The summed E-state index contributed by atoms with van der Waals surface area (Å²) >= 11 is 0. The minimum Gasteiger partial charge on any atom is -0.497 e. The molecule has 4 nitrogen and oxygen atoms in total. The first-order valence-corrected chi connectivity index (χ1v) is 8.56. The van der Waals surface area contributed by atoms with Gasteiger partial charge in [0, 0.05) is 13.6 Å². The molecule has 0 radical (unpaired) electrons. The highest BCUT2D eigenvalue weighted by molar-refractivity contribution is 5.81. The maximum absolute atomic E-state index is 12.8. The van der Waals surface area contributed by atoms with Crippen LogP contribution in [-0.4, -0.2) is 31.1 Å². The summed E-state index contributed by atoms with van der Waals surface area (Å²) in [6.45, 7) is 6.55. The lowest BCUT2D eigenvalue weighted by Crippen LogP contribution is -2.39. The van der Waals surface area contributed by atoms with Crippen LogP contribution in [0.3, 0.4) is 0 Å². The fourth-order valence-corrected chi connectivity index (χ4v) is 2.72. The van der Waals surface area contributed by atoms with Gasteiger partial charge in [-0.15, -0.1) is 0 Å². The molecule has 0 aliphatic rings.